The van der Waals surface area contributed by atoms with Crippen molar-refractivity contribution >= 4 is 5.69 Å². The van der Waals surface area contributed by atoms with Crippen LogP contribution in [0, 0.1) is 0 Å². The molecule has 1 unspecified atom stereocenters. The van der Waals surface area contributed by atoms with Crippen molar-refractivity contribution in [2.24, 2.45) is 0 Å². The van der Waals surface area contributed by atoms with Crippen molar-refractivity contribution in [3.63, 3.8) is 0 Å². The van der Waals surface area contributed by atoms with Crippen LogP contribution in [0.1, 0.15) is 25.5 Å². The van der Waals surface area contributed by atoms with E-state index in [0.717, 1.165) is 49.7 Å². The maximum Gasteiger partial charge on any atom is 0.126 e. The van der Waals surface area contributed by atoms with Crippen LogP contribution in [0.2, 0.25) is 0 Å². The highest BCUT2D eigenvalue weighted by molar-refractivity contribution is 5.60. The largest absolute Gasteiger partial charge is 0.496 e. The Balaban J connectivity index is 2.25. The zero-order valence-corrected chi connectivity index (χ0v) is 12.1. The molecule has 0 spiro atoms. The highest BCUT2D eigenvalue weighted by Gasteiger charge is 2.22. The monoisotopic (exact) mass is 264 g/mol. The smallest absolute Gasteiger partial charge is 0.126 e. The van der Waals surface area contributed by atoms with E-state index in [1.807, 2.05) is 12.1 Å². The van der Waals surface area contributed by atoms with E-state index in [0.29, 0.717) is 0 Å². The normalized spacial score (nSPS) is 18.4. The van der Waals surface area contributed by atoms with Crippen LogP contribution in [0.15, 0.2) is 18.2 Å². The van der Waals surface area contributed by atoms with E-state index in [2.05, 4.69) is 22.8 Å². The first-order valence-corrected chi connectivity index (χ1v) is 6.99. The summed E-state index contributed by atoms with van der Waals surface area (Å²) in [6, 6.07) is 5.98. The molecule has 1 aliphatic heterocycles. The second-order valence-electron chi connectivity index (χ2n) is 4.99. The van der Waals surface area contributed by atoms with Crippen LogP contribution in [-0.4, -0.2) is 49.8 Å². The maximum atomic E-state index is 10.0. The van der Waals surface area contributed by atoms with Crippen LogP contribution in [0.4, 0.5) is 5.69 Å². The fourth-order valence-corrected chi connectivity index (χ4v) is 2.71. The third-order valence-electron chi connectivity index (χ3n) is 3.84. The van der Waals surface area contributed by atoms with Gasteiger partial charge in [-0.3, -0.25) is 0 Å². The highest BCUT2D eigenvalue weighted by atomic mass is 16.5. The Hall–Kier alpha value is -1.26. The average Bonchev–Trinajstić information content (AvgIpc) is 2.46. The summed E-state index contributed by atoms with van der Waals surface area (Å²) in [7, 11) is 1.65. The van der Waals surface area contributed by atoms with Crippen molar-refractivity contribution in [3.05, 3.63) is 23.8 Å². The van der Waals surface area contributed by atoms with Gasteiger partial charge in [0.2, 0.25) is 0 Å². The number of likely N-dealkylation sites (N-methyl/N-ethyl adjacent to an activating group) is 1. The van der Waals surface area contributed by atoms with Gasteiger partial charge in [-0.15, -0.1) is 0 Å². The number of rotatable bonds is 4. The zero-order chi connectivity index (χ0) is 13.8. The zero-order valence-electron chi connectivity index (χ0n) is 12.1. The van der Waals surface area contributed by atoms with Crippen molar-refractivity contribution in [2.75, 3.05) is 44.7 Å². The van der Waals surface area contributed by atoms with Crippen molar-refractivity contribution in [1.82, 2.24) is 4.90 Å². The Kier molecular flexibility index (Phi) is 4.66. The van der Waals surface area contributed by atoms with Crippen molar-refractivity contribution in [3.8, 4) is 5.75 Å². The van der Waals surface area contributed by atoms with E-state index in [4.69, 9.17) is 4.74 Å². The molecule has 0 radical (unpaired) electrons. The summed E-state index contributed by atoms with van der Waals surface area (Å²) in [4.78, 5) is 4.79. The maximum absolute atomic E-state index is 10.0. The van der Waals surface area contributed by atoms with Gasteiger partial charge >= 0.3 is 0 Å². The molecule has 1 N–H and O–H groups in total. The molecule has 1 aliphatic rings. The van der Waals surface area contributed by atoms with E-state index in [-0.39, 0.29) is 0 Å². The van der Waals surface area contributed by atoms with Gasteiger partial charge in [0.1, 0.15) is 5.75 Å². The third-order valence-corrected chi connectivity index (χ3v) is 3.84. The number of piperazine rings is 1. The van der Waals surface area contributed by atoms with Crippen LogP contribution in [0.25, 0.3) is 0 Å². The number of nitrogens with zero attached hydrogens (tertiary/aromatic N) is 2. The third kappa shape index (κ3) is 3.01. The van der Waals surface area contributed by atoms with Crippen LogP contribution >= 0.6 is 0 Å². The summed E-state index contributed by atoms with van der Waals surface area (Å²) in [6.07, 6.45) is -0.518. The van der Waals surface area contributed by atoms with Gasteiger partial charge in [0.05, 0.1) is 13.2 Å². The number of anilines is 1. The number of hydrogen-bond donors (Lipinski definition) is 1. The first kappa shape index (κ1) is 14.2. The van der Waals surface area contributed by atoms with E-state index >= 15 is 0 Å². The molecule has 0 aromatic heterocycles. The Morgan fingerprint density at radius 2 is 1.95 bits per heavy atom. The predicted molar refractivity (Wildman–Crippen MR) is 78.0 cm³/mol. The van der Waals surface area contributed by atoms with Crippen LogP contribution in [0.3, 0.4) is 0 Å². The topological polar surface area (TPSA) is 35.9 Å². The minimum atomic E-state index is -0.518. The van der Waals surface area contributed by atoms with Gasteiger partial charge in [0, 0.05) is 37.4 Å². The Labute approximate surface area is 115 Å². The summed E-state index contributed by atoms with van der Waals surface area (Å²) in [6.45, 7) is 9.25. The fourth-order valence-electron chi connectivity index (χ4n) is 2.71. The Morgan fingerprint density at radius 1 is 1.26 bits per heavy atom. The van der Waals surface area contributed by atoms with Gasteiger partial charge in [-0.1, -0.05) is 13.0 Å². The van der Waals surface area contributed by atoms with Crippen LogP contribution in [-0.2, 0) is 0 Å². The molecule has 1 aromatic carbocycles. The Morgan fingerprint density at radius 3 is 2.47 bits per heavy atom. The number of aliphatic hydroxyl groups excluding tert-OH is 1. The van der Waals surface area contributed by atoms with Crippen molar-refractivity contribution in [1.29, 1.82) is 0 Å². The molecule has 1 fully saturated rings. The minimum Gasteiger partial charge on any atom is -0.496 e. The summed E-state index contributed by atoms with van der Waals surface area (Å²) < 4.78 is 5.38. The molecule has 2 rings (SSSR count). The molecular weight excluding hydrogens is 240 g/mol. The second kappa shape index (κ2) is 6.26. The Bertz CT molecular complexity index is 413. The number of hydrogen-bond acceptors (Lipinski definition) is 4. The SMILES string of the molecule is CCN1CCN(c2cccc(OC)c2C(C)O)CC1. The fraction of sp³-hybridized carbons (Fsp3) is 0.600. The highest BCUT2D eigenvalue weighted by Crippen LogP contribution is 2.34. The lowest BCUT2D eigenvalue weighted by Gasteiger charge is -2.37. The summed E-state index contributed by atoms with van der Waals surface area (Å²) in [5.74, 6) is 0.769. The molecule has 19 heavy (non-hydrogen) atoms. The molecule has 1 heterocycles. The molecule has 1 aromatic rings. The molecule has 1 saturated heterocycles. The van der Waals surface area contributed by atoms with Gasteiger partial charge in [0.25, 0.3) is 0 Å². The molecule has 4 nitrogen and oxygen atoms in total. The molecule has 0 saturated carbocycles. The lowest BCUT2D eigenvalue weighted by Crippen LogP contribution is -2.46. The van der Waals surface area contributed by atoms with E-state index < -0.39 is 6.10 Å². The van der Waals surface area contributed by atoms with E-state index in [1.54, 1.807) is 14.0 Å². The van der Waals surface area contributed by atoms with Gasteiger partial charge in [-0.25, -0.2) is 0 Å². The first-order chi connectivity index (χ1) is 9.17. The number of methoxy groups -OCH3 is 1. The molecule has 106 valence electrons. The minimum absolute atomic E-state index is 0.518. The molecule has 0 amide bonds. The number of aliphatic hydroxyl groups is 1. The van der Waals surface area contributed by atoms with E-state index in [9.17, 15) is 5.11 Å². The molecule has 1 atom stereocenters. The standard InChI is InChI=1S/C15H24N2O2/c1-4-16-8-10-17(11-9-16)13-6-5-7-14(19-3)15(13)12(2)18/h5-7,12,18H,4,8-11H2,1-3H3. The van der Waals surface area contributed by atoms with Gasteiger partial charge < -0.3 is 19.6 Å². The summed E-state index contributed by atoms with van der Waals surface area (Å²) >= 11 is 0. The quantitative estimate of drug-likeness (QED) is 0.901. The van der Waals surface area contributed by atoms with E-state index in [1.165, 1.54) is 0 Å². The van der Waals surface area contributed by atoms with Gasteiger partial charge in [-0.05, 0) is 25.6 Å². The number of benzene rings is 1. The molecular formula is C15H24N2O2. The molecule has 0 bridgehead atoms. The average molecular weight is 264 g/mol. The van der Waals surface area contributed by atoms with Crippen molar-refractivity contribution in [2.45, 2.75) is 20.0 Å². The summed E-state index contributed by atoms with van der Waals surface area (Å²) in [5.41, 5.74) is 2.00. The lowest BCUT2D eigenvalue weighted by atomic mass is 10.0. The summed E-state index contributed by atoms with van der Waals surface area (Å²) in [5, 5.41) is 10.0. The number of ether oxygens (including phenoxy) is 1. The van der Waals surface area contributed by atoms with Crippen LogP contribution in [0.5, 0.6) is 5.75 Å². The van der Waals surface area contributed by atoms with Crippen molar-refractivity contribution < 1.29 is 9.84 Å². The van der Waals surface area contributed by atoms with Gasteiger partial charge in [0.15, 0.2) is 0 Å². The first-order valence-electron chi connectivity index (χ1n) is 6.99. The van der Waals surface area contributed by atoms with Crippen LogP contribution < -0.4 is 9.64 Å². The lowest BCUT2D eigenvalue weighted by molar-refractivity contribution is 0.194. The molecule has 4 heteroatoms. The molecule has 0 aliphatic carbocycles. The second-order valence-corrected chi connectivity index (χ2v) is 4.99. The predicted octanol–water partition coefficient (Wildman–Crippen LogP) is 1.89. The van der Waals surface area contributed by atoms with Gasteiger partial charge in [-0.2, -0.15) is 0 Å².